The van der Waals surface area contributed by atoms with Gasteiger partial charge in [-0.2, -0.15) is 0 Å². The van der Waals surface area contributed by atoms with E-state index < -0.39 is 0 Å². The summed E-state index contributed by atoms with van der Waals surface area (Å²) < 4.78 is 10.4. The van der Waals surface area contributed by atoms with Crippen LogP contribution in [0.5, 0.6) is 11.5 Å². The number of nitrogens with one attached hydrogen (secondary N) is 1. The van der Waals surface area contributed by atoms with E-state index in [-0.39, 0.29) is 5.91 Å². The number of methoxy groups -OCH3 is 2. The van der Waals surface area contributed by atoms with Gasteiger partial charge in [-0.1, -0.05) is 0 Å². The van der Waals surface area contributed by atoms with Crippen molar-refractivity contribution in [2.45, 2.75) is 12.8 Å². The van der Waals surface area contributed by atoms with E-state index in [1.54, 1.807) is 51.0 Å². The normalized spacial score (nSPS) is 14.8. The lowest BCUT2D eigenvalue weighted by molar-refractivity contribution is 0.0944. The van der Waals surface area contributed by atoms with Crippen molar-refractivity contribution in [3.05, 3.63) is 42.4 Å². The molecule has 1 fully saturated rings. The van der Waals surface area contributed by atoms with Crippen LogP contribution in [0.15, 0.2) is 36.8 Å². The Morgan fingerprint density at radius 1 is 1.15 bits per heavy atom. The number of ether oxygens (including phenoxy) is 2. The van der Waals surface area contributed by atoms with Crippen molar-refractivity contribution in [1.29, 1.82) is 0 Å². The molecule has 0 radical (unpaired) electrons. The lowest BCUT2D eigenvalue weighted by Gasteiger charge is -2.32. The monoisotopic (exact) mass is 356 g/mol. The summed E-state index contributed by atoms with van der Waals surface area (Å²) in [6.07, 6.45) is 7.21. The Balaban J connectivity index is 1.51. The SMILES string of the molecule is COc1cc(OC)cc(C(=O)NCC2CCN(c3cnccn3)CC2)c1. The van der Waals surface area contributed by atoms with Crippen LogP contribution < -0.4 is 19.7 Å². The number of hydrogen-bond donors (Lipinski definition) is 1. The molecule has 1 amide bonds. The van der Waals surface area contributed by atoms with Crippen LogP contribution >= 0.6 is 0 Å². The van der Waals surface area contributed by atoms with E-state index in [4.69, 9.17) is 9.47 Å². The molecule has 1 aliphatic heterocycles. The highest BCUT2D eigenvalue weighted by Crippen LogP contribution is 2.23. The molecule has 138 valence electrons. The Morgan fingerprint density at radius 2 is 1.85 bits per heavy atom. The first kappa shape index (κ1) is 18.0. The maximum Gasteiger partial charge on any atom is 0.251 e. The van der Waals surface area contributed by atoms with Crippen LogP contribution in [0, 0.1) is 5.92 Å². The fraction of sp³-hybridized carbons (Fsp3) is 0.421. The Kier molecular flexibility index (Phi) is 5.88. The highest BCUT2D eigenvalue weighted by Gasteiger charge is 2.21. The van der Waals surface area contributed by atoms with E-state index in [2.05, 4.69) is 20.2 Å². The van der Waals surface area contributed by atoms with Crippen LogP contribution in [0.25, 0.3) is 0 Å². The van der Waals surface area contributed by atoms with Crippen LogP contribution in [0.2, 0.25) is 0 Å². The number of carbonyl (C=O) groups excluding carboxylic acids is 1. The van der Waals surface area contributed by atoms with Crippen molar-refractivity contribution in [2.75, 3.05) is 38.8 Å². The zero-order valence-corrected chi connectivity index (χ0v) is 15.1. The molecule has 26 heavy (non-hydrogen) atoms. The predicted molar refractivity (Wildman–Crippen MR) is 98.8 cm³/mol. The zero-order chi connectivity index (χ0) is 18.4. The Hall–Kier alpha value is -2.83. The van der Waals surface area contributed by atoms with E-state index in [9.17, 15) is 4.79 Å². The summed E-state index contributed by atoms with van der Waals surface area (Å²) in [7, 11) is 3.14. The van der Waals surface area contributed by atoms with Gasteiger partial charge in [0.1, 0.15) is 17.3 Å². The molecule has 0 saturated carbocycles. The van der Waals surface area contributed by atoms with Crippen molar-refractivity contribution in [1.82, 2.24) is 15.3 Å². The molecule has 0 bridgehead atoms. The molecule has 1 aliphatic rings. The molecule has 2 aromatic rings. The maximum absolute atomic E-state index is 12.5. The molecular weight excluding hydrogens is 332 g/mol. The Labute approximate surface area is 153 Å². The fourth-order valence-corrected chi connectivity index (χ4v) is 3.10. The Bertz CT molecular complexity index is 709. The number of rotatable bonds is 6. The molecular formula is C19H24N4O3. The summed E-state index contributed by atoms with van der Waals surface area (Å²) in [5.74, 6) is 2.47. The smallest absolute Gasteiger partial charge is 0.251 e. The highest BCUT2D eigenvalue weighted by atomic mass is 16.5. The van der Waals surface area contributed by atoms with Gasteiger partial charge in [0, 0.05) is 43.7 Å². The third-order valence-corrected chi connectivity index (χ3v) is 4.65. The Morgan fingerprint density at radius 3 is 2.42 bits per heavy atom. The number of amides is 1. The maximum atomic E-state index is 12.5. The first-order valence-electron chi connectivity index (χ1n) is 8.72. The van der Waals surface area contributed by atoms with E-state index >= 15 is 0 Å². The van der Waals surface area contributed by atoms with Crippen LogP contribution in [-0.2, 0) is 0 Å². The van der Waals surface area contributed by atoms with Crippen molar-refractivity contribution in [3.63, 3.8) is 0 Å². The summed E-state index contributed by atoms with van der Waals surface area (Å²) in [5.41, 5.74) is 0.540. The number of nitrogens with zero attached hydrogens (tertiary/aromatic N) is 3. The first-order valence-corrected chi connectivity index (χ1v) is 8.72. The lowest BCUT2D eigenvalue weighted by atomic mass is 9.96. The molecule has 3 rings (SSSR count). The van der Waals surface area contributed by atoms with Crippen LogP contribution in [-0.4, -0.2) is 49.7 Å². The largest absolute Gasteiger partial charge is 0.497 e. The third-order valence-electron chi connectivity index (χ3n) is 4.65. The third kappa shape index (κ3) is 4.41. The van der Waals surface area contributed by atoms with E-state index in [1.165, 1.54) is 0 Å². The predicted octanol–water partition coefficient (Wildman–Crippen LogP) is 2.14. The second-order valence-electron chi connectivity index (χ2n) is 6.31. The highest BCUT2D eigenvalue weighted by molar-refractivity contribution is 5.95. The van der Waals surface area contributed by atoms with Gasteiger partial charge in [-0.05, 0) is 30.9 Å². The van der Waals surface area contributed by atoms with Gasteiger partial charge in [0.2, 0.25) is 0 Å². The van der Waals surface area contributed by atoms with Gasteiger partial charge >= 0.3 is 0 Å². The van der Waals surface area contributed by atoms with Crippen LogP contribution in [0.4, 0.5) is 5.82 Å². The minimum atomic E-state index is -0.112. The minimum absolute atomic E-state index is 0.112. The topological polar surface area (TPSA) is 76.6 Å². The van der Waals surface area contributed by atoms with Gasteiger partial charge in [0.05, 0.1) is 20.4 Å². The van der Waals surface area contributed by atoms with Crippen molar-refractivity contribution >= 4 is 11.7 Å². The van der Waals surface area contributed by atoms with E-state index in [1.807, 2.05) is 0 Å². The number of carbonyl (C=O) groups is 1. The second kappa shape index (κ2) is 8.51. The number of hydrogen-bond acceptors (Lipinski definition) is 6. The average molecular weight is 356 g/mol. The fourth-order valence-electron chi connectivity index (χ4n) is 3.10. The van der Waals surface area contributed by atoms with Gasteiger partial charge in [-0.25, -0.2) is 4.98 Å². The van der Waals surface area contributed by atoms with Crippen LogP contribution in [0.3, 0.4) is 0 Å². The van der Waals surface area contributed by atoms with Crippen molar-refractivity contribution in [3.8, 4) is 11.5 Å². The summed E-state index contributed by atoms with van der Waals surface area (Å²) in [6, 6.07) is 5.18. The number of aromatic nitrogens is 2. The van der Waals surface area contributed by atoms with Crippen molar-refractivity contribution < 1.29 is 14.3 Å². The molecule has 1 aromatic heterocycles. The second-order valence-corrected chi connectivity index (χ2v) is 6.31. The standard InChI is InChI=1S/C19H24N4O3/c1-25-16-9-15(10-17(11-16)26-2)19(24)22-12-14-3-7-23(8-4-14)18-13-20-5-6-21-18/h5-6,9-11,13-14H,3-4,7-8,12H2,1-2H3,(H,22,24). The summed E-state index contributed by atoms with van der Waals surface area (Å²) in [6.45, 7) is 2.51. The van der Waals surface area contributed by atoms with Gasteiger partial charge in [0.25, 0.3) is 5.91 Å². The van der Waals surface area contributed by atoms with Gasteiger partial charge in [-0.3, -0.25) is 9.78 Å². The number of benzene rings is 1. The average Bonchev–Trinajstić information content (AvgIpc) is 2.72. The molecule has 0 spiro atoms. The molecule has 2 heterocycles. The van der Waals surface area contributed by atoms with Crippen molar-refractivity contribution in [2.24, 2.45) is 5.92 Å². The minimum Gasteiger partial charge on any atom is -0.497 e. The van der Waals surface area contributed by atoms with Gasteiger partial charge in [-0.15, -0.1) is 0 Å². The molecule has 1 saturated heterocycles. The van der Waals surface area contributed by atoms with Crippen LogP contribution in [0.1, 0.15) is 23.2 Å². The molecule has 0 unspecified atom stereocenters. The molecule has 0 aliphatic carbocycles. The van der Waals surface area contributed by atoms with E-state index in [0.717, 1.165) is 31.7 Å². The summed E-state index contributed by atoms with van der Waals surface area (Å²) in [4.78, 5) is 23.2. The van der Waals surface area contributed by atoms with E-state index in [0.29, 0.717) is 29.5 Å². The zero-order valence-electron chi connectivity index (χ0n) is 15.1. The molecule has 1 N–H and O–H groups in total. The molecule has 0 atom stereocenters. The molecule has 7 heteroatoms. The summed E-state index contributed by atoms with van der Waals surface area (Å²) in [5, 5.41) is 3.03. The quantitative estimate of drug-likeness (QED) is 0.855. The molecule has 7 nitrogen and oxygen atoms in total. The lowest BCUT2D eigenvalue weighted by Crippen LogP contribution is -2.39. The number of anilines is 1. The summed E-state index contributed by atoms with van der Waals surface area (Å²) >= 11 is 0. The molecule has 1 aromatic carbocycles. The van der Waals surface area contributed by atoms with Gasteiger partial charge in [0.15, 0.2) is 0 Å². The van der Waals surface area contributed by atoms with Gasteiger partial charge < -0.3 is 19.7 Å². The number of piperidine rings is 1. The first-order chi connectivity index (χ1) is 12.7.